The molecule has 3 rings (SSSR count). The average Bonchev–Trinajstić information content (AvgIpc) is 2.70. The highest BCUT2D eigenvalue weighted by Gasteiger charge is 2.44. The molecule has 0 amide bonds. The molecule has 0 radical (unpaired) electrons. The Bertz CT molecular complexity index is 240. The van der Waals surface area contributed by atoms with Crippen molar-refractivity contribution in [1.82, 2.24) is 5.32 Å². The summed E-state index contributed by atoms with van der Waals surface area (Å²) in [5.41, 5.74) is 0. The minimum atomic E-state index is 0.0253. The molecule has 1 N–H and O–H groups in total. The minimum Gasteiger partial charge on any atom is -0.347 e. The van der Waals surface area contributed by atoms with Crippen molar-refractivity contribution in [2.24, 2.45) is 11.8 Å². The number of ether oxygens (including phenoxy) is 2. The first kappa shape index (κ1) is 11.0. The summed E-state index contributed by atoms with van der Waals surface area (Å²) in [6, 6.07) is 0. The number of hydrogen-bond acceptors (Lipinski definition) is 3. The Kier molecular flexibility index (Phi) is 3.18. The van der Waals surface area contributed by atoms with Gasteiger partial charge in [0.25, 0.3) is 0 Å². The van der Waals surface area contributed by atoms with Gasteiger partial charge in [0.2, 0.25) is 0 Å². The van der Waals surface area contributed by atoms with Crippen LogP contribution >= 0.6 is 0 Å². The van der Waals surface area contributed by atoms with Crippen molar-refractivity contribution in [2.45, 2.75) is 57.5 Å². The maximum absolute atomic E-state index is 5.99. The third-order valence-electron chi connectivity index (χ3n) is 4.52. The first-order valence-electron chi connectivity index (χ1n) is 6.86. The standard InChI is InChI=1S/C13H23NO2/c1-9-15-12-4-2-3-11(13(12)16-9)10-5-7-14-8-6-10/h9-14H,2-8H2,1H3/t9-,11?,12?,13?/m1/s1. The average molecular weight is 225 g/mol. The second-order valence-corrected chi connectivity index (χ2v) is 5.53. The molecular formula is C13H23NO2. The first-order valence-corrected chi connectivity index (χ1v) is 6.86. The third kappa shape index (κ3) is 2.01. The molecule has 0 spiro atoms. The summed E-state index contributed by atoms with van der Waals surface area (Å²) in [4.78, 5) is 0. The van der Waals surface area contributed by atoms with Crippen LogP contribution < -0.4 is 5.32 Å². The van der Waals surface area contributed by atoms with Crippen molar-refractivity contribution in [3.05, 3.63) is 0 Å². The van der Waals surface area contributed by atoms with Crippen LogP contribution in [0.5, 0.6) is 0 Å². The van der Waals surface area contributed by atoms with Gasteiger partial charge in [0.15, 0.2) is 6.29 Å². The molecule has 0 aromatic carbocycles. The summed E-state index contributed by atoms with van der Waals surface area (Å²) in [6.45, 7) is 4.42. The van der Waals surface area contributed by atoms with Gasteiger partial charge in [0.05, 0.1) is 12.2 Å². The maximum atomic E-state index is 5.99. The lowest BCUT2D eigenvalue weighted by Gasteiger charge is -2.38. The van der Waals surface area contributed by atoms with E-state index in [1.165, 1.54) is 45.2 Å². The van der Waals surface area contributed by atoms with E-state index in [4.69, 9.17) is 9.47 Å². The molecule has 92 valence electrons. The molecule has 0 aromatic rings. The molecule has 16 heavy (non-hydrogen) atoms. The third-order valence-corrected chi connectivity index (χ3v) is 4.52. The van der Waals surface area contributed by atoms with Gasteiger partial charge in [-0.1, -0.05) is 6.42 Å². The van der Waals surface area contributed by atoms with E-state index >= 15 is 0 Å². The van der Waals surface area contributed by atoms with E-state index < -0.39 is 0 Å². The highest BCUT2D eigenvalue weighted by molar-refractivity contribution is 4.91. The lowest BCUT2D eigenvalue weighted by Crippen LogP contribution is -2.42. The van der Waals surface area contributed by atoms with Crippen molar-refractivity contribution in [2.75, 3.05) is 13.1 Å². The highest BCUT2D eigenvalue weighted by Crippen LogP contribution is 2.41. The molecular weight excluding hydrogens is 202 g/mol. The summed E-state index contributed by atoms with van der Waals surface area (Å²) in [5, 5.41) is 3.45. The number of fused-ring (bicyclic) bond motifs is 1. The van der Waals surface area contributed by atoms with E-state index in [9.17, 15) is 0 Å². The predicted molar refractivity (Wildman–Crippen MR) is 62.1 cm³/mol. The molecule has 1 saturated carbocycles. The van der Waals surface area contributed by atoms with Crippen LogP contribution in [0.1, 0.15) is 39.0 Å². The summed E-state index contributed by atoms with van der Waals surface area (Å²) in [6.07, 6.45) is 7.34. The number of hydrogen-bond donors (Lipinski definition) is 1. The van der Waals surface area contributed by atoms with E-state index in [-0.39, 0.29) is 6.29 Å². The lowest BCUT2D eigenvalue weighted by atomic mass is 9.73. The van der Waals surface area contributed by atoms with Crippen LogP contribution in [-0.2, 0) is 9.47 Å². The Morgan fingerprint density at radius 1 is 1.00 bits per heavy atom. The van der Waals surface area contributed by atoms with E-state index in [1.807, 2.05) is 6.92 Å². The van der Waals surface area contributed by atoms with Crippen LogP contribution in [0.4, 0.5) is 0 Å². The van der Waals surface area contributed by atoms with Gasteiger partial charge in [-0.05, 0) is 57.5 Å². The topological polar surface area (TPSA) is 30.5 Å². The summed E-state index contributed by atoms with van der Waals surface area (Å²) >= 11 is 0. The Morgan fingerprint density at radius 2 is 1.81 bits per heavy atom. The molecule has 3 unspecified atom stereocenters. The predicted octanol–water partition coefficient (Wildman–Crippen LogP) is 1.92. The van der Waals surface area contributed by atoms with E-state index in [0.717, 1.165) is 11.8 Å². The largest absolute Gasteiger partial charge is 0.347 e. The number of nitrogens with one attached hydrogen (secondary N) is 1. The summed E-state index contributed by atoms with van der Waals surface area (Å²) < 4.78 is 11.8. The number of piperidine rings is 1. The zero-order chi connectivity index (χ0) is 11.0. The smallest absolute Gasteiger partial charge is 0.155 e. The second kappa shape index (κ2) is 4.63. The van der Waals surface area contributed by atoms with Crippen molar-refractivity contribution in [3.63, 3.8) is 0 Å². The van der Waals surface area contributed by atoms with Crippen molar-refractivity contribution < 1.29 is 9.47 Å². The normalized spacial score (nSPS) is 45.6. The molecule has 1 aliphatic carbocycles. The molecule has 3 fully saturated rings. The zero-order valence-corrected chi connectivity index (χ0v) is 10.2. The Labute approximate surface area is 97.9 Å². The highest BCUT2D eigenvalue weighted by atomic mass is 16.7. The van der Waals surface area contributed by atoms with Crippen LogP contribution in [0.3, 0.4) is 0 Å². The molecule has 2 heterocycles. The van der Waals surface area contributed by atoms with Crippen molar-refractivity contribution in [1.29, 1.82) is 0 Å². The molecule has 3 aliphatic rings. The van der Waals surface area contributed by atoms with Gasteiger partial charge in [0, 0.05) is 0 Å². The molecule has 3 nitrogen and oxygen atoms in total. The minimum absolute atomic E-state index is 0.0253. The fourth-order valence-corrected chi connectivity index (χ4v) is 3.77. The quantitative estimate of drug-likeness (QED) is 0.739. The summed E-state index contributed by atoms with van der Waals surface area (Å²) in [7, 11) is 0. The van der Waals surface area contributed by atoms with E-state index in [1.54, 1.807) is 0 Å². The zero-order valence-electron chi connectivity index (χ0n) is 10.2. The van der Waals surface area contributed by atoms with Gasteiger partial charge in [-0.2, -0.15) is 0 Å². The van der Waals surface area contributed by atoms with E-state index in [2.05, 4.69) is 5.32 Å². The van der Waals surface area contributed by atoms with Crippen LogP contribution in [-0.4, -0.2) is 31.6 Å². The maximum Gasteiger partial charge on any atom is 0.155 e. The molecule has 0 aromatic heterocycles. The van der Waals surface area contributed by atoms with Gasteiger partial charge in [0.1, 0.15) is 0 Å². The Balaban J connectivity index is 1.68. The molecule has 0 bridgehead atoms. The monoisotopic (exact) mass is 225 g/mol. The van der Waals surface area contributed by atoms with Gasteiger partial charge in [-0.25, -0.2) is 0 Å². The first-order chi connectivity index (χ1) is 7.84. The van der Waals surface area contributed by atoms with Crippen LogP contribution in [0, 0.1) is 11.8 Å². The van der Waals surface area contributed by atoms with Crippen LogP contribution in [0.25, 0.3) is 0 Å². The van der Waals surface area contributed by atoms with Gasteiger partial charge in [-0.15, -0.1) is 0 Å². The lowest BCUT2D eigenvalue weighted by molar-refractivity contribution is -0.0605. The molecule has 4 atom stereocenters. The summed E-state index contributed by atoms with van der Waals surface area (Å²) in [5.74, 6) is 1.62. The van der Waals surface area contributed by atoms with Crippen LogP contribution in [0.15, 0.2) is 0 Å². The fraction of sp³-hybridized carbons (Fsp3) is 1.00. The van der Waals surface area contributed by atoms with E-state index in [0.29, 0.717) is 12.2 Å². The van der Waals surface area contributed by atoms with Gasteiger partial charge < -0.3 is 14.8 Å². The molecule has 2 saturated heterocycles. The Morgan fingerprint density at radius 3 is 2.62 bits per heavy atom. The SMILES string of the molecule is C[C@@H]1OC2CCCC(C3CCNCC3)C2O1. The van der Waals surface area contributed by atoms with Gasteiger partial charge in [-0.3, -0.25) is 0 Å². The second-order valence-electron chi connectivity index (χ2n) is 5.53. The van der Waals surface area contributed by atoms with Crippen molar-refractivity contribution in [3.8, 4) is 0 Å². The van der Waals surface area contributed by atoms with Crippen molar-refractivity contribution >= 4 is 0 Å². The van der Waals surface area contributed by atoms with Crippen LogP contribution in [0.2, 0.25) is 0 Å². The number of rotatable bonds is 1. The Hall–Kier alpha value is -0.120. The molecule has 2 aliphatic heterocycles. The molecule has 3 heteroatoms. The van der Waals surface area contributed by atoms with Gasteiger partial charge >= 0.3 is 0 Å². The fourth-order valence-electron chi connectivity index (χ4n) is 3.77.